The number of hydrogen-bond acceptors (Lipinski definition) is 4. The van der Waals surface area contributed by atoms with Crippen molar-refractivity contribution in [2.24, 2.45) is 0 Å². The SMILES string of the molecule is C[C@H](CCc1ccco1)NC(=O)c1ccc(=O)[nH]n1. The second kappa shape index (κ2) is 5.99. The van der Waals surface area contributed by atoms with Crippen molar-refractivity contribution in [1.29, 1.82) is 0 Å². The molecular weight excluding hydrogens is 246 g/mol. The van der Waals surface area contributed by atoms with Crippen molar-refractivity contribution < 1.29 is 9.21 Å². The second-order valence-corrected chi connectivity index (χ2v) is 4.30. The minimum absolute atomic E-state index is 0.00803. The van der Waals surface area contributed by atoms with E-state index in [2.05, 4.69) is 15.5 Å². The maximum atomic E-state index is 11.8. The molecule has 0 saturated heterocycles. The fraction of sp³-hybridized carbons (Fsp3) is 0.308. The first-order valence-corrected chi connectivity index (χ1v) is 6.04. The van der Waals surface area contributed by atoms with Crippen LogP contribution in [0.2, 0.25) is 0 Å². The average molecular weight is 261 g/mol. The van der Waals surface area contributed by atoms with Crippen LogP contribution in [0, 0.1) is 0 Å². The number of aromatic amines is 1. The Bertz CT molecular complexity index is 569. The van der Waals surface area contributed by atoms with Crippen LogP contribution in [0.25, 0.3) is 0 Å². The van der Waals surface area contributed by atoms with Crippen molar-refractivity contribution >= 4 is 5.91 Å². The molecule has 6 nitrogen and oxygen atoms in total. The minimum atomic E-state index is -0.331. The quantitative estimate of drug-likeness (QED) is 0.844. The van der Waals surface area contributed by atoms with E-state index in [1.807, 2.05) is 19.1 Å². The first-order chi connectivity index (χ1) is 9.15. The Balaban J connectivity index is 1.84. The molecule has 2 N–H and O–H groups in total. The van der Waals surface area contributed by atoms with Crippen LogP contribution in [-0.2, 0) is 6.42 Å². The number of carbonyl (C=O) groups excluding carboxylic acids is 1. The molecule has 0 aliphatic heterocycles. The van der Waals surface area contributed by atoms with Crippen molar-refractivity contribution in [2.45, 2.75) is 25.8 Å². The summed E-state index contributed by atoms with van der Waals surface area (Å²) in [6.07, 6.45) is 3.15. The van der Waals surface area contributed by atoms with E-state index < -0.39 is 0 Å². The van der Waals surface area contributed by atoms with Gasteiger partial charge in [-0.05, 0) is 31.5 Å². The number of rotatable bonds is 5. The molecule has 0 spiro atoms. The molecule has 0 saturated carbocycles. The van der Waals surface area contributed by atoms with Crippen LogP contribution in [0.1, 0.15) is 29.6 Å². The number of nitrogens with zero attached hydrogens (tertiary/aromatic N) is 1. The van der Waals surface area contributed by atoms with Gasteiger partial charge < -0.3 is 9.73 Å². The van der Waals surface area contributed by atoms with Gasteiger partial charge in [-0.25, -0.2) is 5.10 Å². The van der Waals surface area contributed by atoms with Crippen LogP contribution in [0.5, 0.6) is 0 Å². The topological polar surface area (TPSA) is 88.0 Å². The summed E-state index contributed by atoms with van der Waals surface area (Å²) in [7, 11) is 0. The molecule has 1 atom stereocenters. The van der Waals surface area contributed by atoms with Gasteiger partial charge in [-0.1, -0.05) is 0 Å². The van der Waals surface area contributed by atoms with Gasteiger partial charge in [0.1, 0.15) is 11.5 Å². The number of amides is 1. The summed E-state index contributed by atoms with van der Waals surface area (Å²) in [5.74, 6) is 0.589. The van der Waals surface area contributed by atoms with E-state index >= 15 is 0 Å². The standard InChI is InChI=1S/C13H15N3O3/c1-9(4-5-10-3-2-8-19-10)14-13(18)11-6-7-12(17)16-15-11/h2-3,6-9H,4-5H2,1H3,(H,14,18)(H,16,17)/t9-/m1/s1. The van der Waals surface area contributed by atoms with Crippen molar-refractivity contribution in [3.63, 3.8) is 0 Å². The fourth-order valence-electron chi connectivity index (χ4n) is 1.65. The summed E-state index contributed by atoms with van der Waals surface area (Å²) >= 11 is 0. The van der Waals surface area contributed by atoms with Gasteiger partial charge in [0.05, 0.1) is 6.26 Å². The molecule has 0 bridgehead atoms. The van der Waals surface area contributed by atoms with Gasteiger partial charge in [0, 0.05) is 18.5 Å². The van der Waals surface area contributed by atoms with Crippen molar-refractivity contribution in [3.05, 3.63) is 52.3 Å². The molecule has 2 aromatic rings. The Kier molecular flexibility index (Phi) is 4.12. The number of carbonyl (C=O) groups is 1. The van der Waals surface area contributed by atoms with E-state index in [0.29, 0.717) is 0 Å². The Morgan fingerprint density at radius 1 is 1.47 bits per heavy atom. The normalized spacial score (nSPS) is 12.1. The predicted octanol–water partition coefficient (Wildman–Crippen LogP) is 1.11. The lowest BCUT2D eigenvalue weighted by Gasteiger charge is -2.12. The van der Waals surface area contributed by atoms with Gasteiger partial charge in [0.2, 0.25) is 0 Å². The van der Waals surface area contributed by atoms with Gasteiger partial charge in [0.15, 0.2) is 0 Å². The lowest BCUT2D eigenvalue weighted by Crippen LogP contribution is -2.34. The van der Waals surface area contributed by atoms with Gasteiger partial charge >= 0.3 is 0 Å². The Labute approximate surface area is 109 Å². The average Bonchev–Trinajstić information content (AvgIpc) is 2.90. The number of nitrogens with one attached hydrogen (secondary N) is 2. The Hall–Kier alpha value is -2.37. The van der Waals surface area contributed by atoms with Crippen molar-refractivity contribution in [3.8, 4) is 0 Å². The summed E-state index contributed by atoms with van der Waals surface area (Å²) in [6.45, 7) is 1.91. The van der Waals surface area contributed by atoms with Crippen LogP contribution >= 0.6 is 0 Å². The molecule has 1 amide bonds. The third-order valence-electron chi connectivity index (χ3n) is 2.69. The van der Waals surface area contributed by atoms with Crippen molar-refractivity contribution in [1.82, 2.24) is 15.5 Å². The number of aryl methyl sites for hydroxylation is 1. The highest BCUT2D eigenvalue weighted by Gasteiger charge is 2.11. The summed E-state index contributed by atoms with van der Waals surface area (Å²) in [4.78, 5) is 22.6. The number of hydrogen-bond donors (Lipinski definition) is 2. The van der Waals surface area contributed by atoms with E-state index in [-0.39, 0.29) is 23.2 Å². The molecule has 19 heavy (non-hydrogen) atoms. The van der Waals surface area contributed by atoms with E-state index in [1.165, 1.54) is 12.1 Å². The Morgan fingerprint density at radius 2 is 2.32 bits per heavy atom. The van der Waals surface area contributed by atoms with Gasteiger partial charge in [0.25, 0.3) is 11.5 Å². The lowest BCUT2D eigenvalue weighted by atomic mass is 10.1. The monoisotopic (exact) mass is 261 g/mol. The maximum absolute atomic E-state index is 11.8. The molecule has 0 aromatic carbocycles. The Morgan fingerprint density at radius 3 is 2.95 bits per heavy atom. The summed E-state index contributed by atoms with van der Waals surface area (Å²) in [6, 6.07) is 6.40. The van der Waals surface area contributed by atoms with Crippen LogP contribution in [0.3, 0.4) is 0 Å². The van der Waals surface area contributed by atoms with Crippen LogP contribution in [0.15, 0.2) is 39.7 Å². The van der Waals surface area contributed by atoms with Gasteiger partial charge in [-0.2, -0.15) is 5.10 Å². The van der Waals surface area contributed by atoms with Gasteiger partial charge in [-0.3, -0.25) is 9.59 Å². The summed E-state index contributed by atoms with van der Waals surface area (Å²) < 4.78 is 5.22. The largest absolute Gasteiger partial charge is 0.469 e. The molecule has 2 heterocycles. The maximum Gasteiger partial charge on any atom is 0.271 e. The smallest absolute Gasteiger partial charge is 0.271 e. The highest BCUT2D eigenvalue weighted by molar-refractivity contribution is 5.92. The molecule has 0 radical (unpaired) electrons. The molecule has 100 valence electrons. The fourth-order valence-corrected chi connectivity index (χ4v) is 1.65. The van der Waals surface area contributed by atoms with E-state index in [1.54, 1.807) is 6.26 Å². The van der Waals surface area contributed by atoms with Crippen LogP contribution < -0.4 is 10.9 Å². The zero-order chi connectivity index (χ0) is 13.7. The summed E-state index contributed by atoms with van der Waals surface area (Å²) in [5, 5.41) is 8.71. The van der Waals surface area contributed by atoms with Gasteiger partial charge in [-0.15, -0.1) is 0 Å². The third kappa shape index (κ3) is 3.80. The predicted molar refractivity (Wildman–Crippen MR) is 68.8 cm³/mol. The molecule has 0 aliphatic rings. The number of furan rings is 1. The highest BCUT2D eigenvalue weighted by Crippen LogP contribution is 2.06. The first-order valence-electron chi connectivity index (χ1n) is 6.04. The number of H-pyrrole nitrogens is 1. The zero-order valence-corrected chi connectivity index (χ0v) is 10.6. The first kappa shape index (κ1) is 13.1. The van der Waals surface area contributed by atoms with Crippen molar-refractivity contribution in [2.75, 3.05) is 0 Å². The third-order valence-corrected chi connectivity index (χ3v) is 2.69. The summed E-state index contributed by atoms with van der Waals surface area (Å²) in [5.41, 5.74) is -0.133. The van der Waals surface area contributed by atoms with Crippen LogP contribution in [0.4, 0.5) is 0 Å². The second-order valence-electron chi connectivity index (χ2n) is 4.30. The highest BCUT2D eigenvalue weighted by atomic mass is 16.3. The molecule has 2 rings (SSSR count). The lowest BCUT2D eigenvalue weighted by molar-refractivity contribution is 0.0932. The minimum Gasteiger partial charge on any atom is -0.469 e. The van der Waals surface area contributed by atoms with E-state index in [9.17, 15) is 9.59 Å². The molecule has 6 heteroatoms. The number of aromatic nitrogens is 2. The molecule has 2 aromatic heterocycles. The van der Waals surface area contributed by atoms with E-state index in [0.717, 1.165) is 18.6 Å². The molecule has 0 aliphatic carbocycles. The zero-order valence-electron chi connectivity index (χ0n) is 10.6. The molecular formula is C13H15N3O3. The van der Waals surface area contributed by atoms with Crippen LogP contribution in [-0.4, -0.2) is 22.1 Å². The molecule has 0 fully saturated rings. The molecule has 0 unspecified atom stereocenters. The van der Waals surface area contributed by atoms with E-state index in [4.69, 9.17) is 4.42 Å².